The van der Waals surface area contributed by atoms with Gasteiger partial charge in [0.05, 0.1) is 6.54 Å². The molecule has 21 heavy (non-hydrogen) atoms. The van der Waals surface area contributed by atoms with Crippen LogP contribution in [0.1, 0.15) is 12.0 Å². The van der Waals surface area contributed by atoms with Crippen molar-refractivity contribution in [2.24, 2.45) is 0 Å². The zero-order chi connectivity index (χ0) is 15.7. The molecule has 0 aliphatic heterocycles. The van der Waals surface area contributed by atoms with Gasteiger partial charge in [-0.05, 0) is 6.07 Å². The Hall–Kier alpha value is -0.950. The van der Waals surface area contributed by atoms with Crippen molar-refractivity contribution in [2.45, 2.75) is 22.4 Å². The van der Waals surface area contributed by atoms with E-state index in [1.54, 1.807) is 0 Å². The van der Waals surface area contributed by atoms with Crippen LogP contribution >= 0.6 is 34.8 Å². The largest absolute Gasteiger partial charge is 0.383 e. The Morgan fingerprint density at radius 1 is 1.24 bits per heavy atom. The number of halogens is 5. The Balaban J connectivity index is 2.44. The number of nitrogens with zero attached hydrogens (tertiary/aromatic N) is 3. The molecule has 0 bridgehead atoms. The first kappa shape index (κ1) is 16.4. The van der Waals surface area contributed by atoms with E-state index in [1.165, 1.54) is 17.3 Å². The van der Waals surface area contributed by atoms with E-state index < -0.39 is 27.4 Å². The van der Waals surface area contributed by atoms with Crippen LogP contribution < -0.4 is 0 Å². The van der Waals surface area contributed by atoms with Crippen molar-refractivity contribution in [3.8, 4) is 0 Å². The maximum absolute atomic E-state index is 14.0. The average Bonchev–Trinajstić information content (AvgIpc) is 2.78. The summed E-state index contributed by atoms with van der Waals surface area (Å²) in [5.74, 6) is -1.71. The fraction of sp³-hybridized carbons (Fsp3) is 0.333. The molecule has 0 aliphatic rings. The second-order valence-corrected chi connectivity index (χ2v) is 7.06. The minimum absolute atomic E-state index is 0.189. The summed E-state index contributed by atoms with van der Waals surface area (Å²) in [6, 6.07) is 2.78. The van der Waals surface area contributed by atoms with Crippen molar-refractivity contribution in [1.82, 2.24) is 14.8 Å². The molecule has 2 aromatic rings. The second-order valence-electron chi connectivity index (χ2n) is 4.54. The summed E-state index contributed by atoms with van der Waals surface area (Å²) in [7, 11) is 0. The van der Waals surface area contributed by atoms with Crippen LogP contribution in [0, 0.1) is 11.6 Å². The van der Waals surface area contributed by atoms with Gasteiger partial charge in [-0.1, -0.05) is 40.9 Å². The molecule has 114 valence electrons. The molecule has 1 heterocycles. The molecule has 1 aromatic carbocycles. The highest BCUT2D eigenvalue weighted by atomic mass is 35.6. The molecule has 1 N–H and O–H groups in total. The molecule has 0 saturated carbocycles. The third-order valence-corrected chi connectivity index (χ3v) is 3.22. The van der Waals surface area contributed by atoms with Gasteiger partial charge in [0.15, 0.2) is 3.79 Å². The van der Waals surface area contributed by atoms with Gasteiger partial charge in [-0.25, -0.2) is 18.4 Å². The molecule has 1 atom stereocenters. The fourth-order valence-electron chi connectivity index (χ4n) is 2.02. The fourth-order valence-corrected chi connectivity index (χ4v) is 2.68. The van der Waals surface area contributed by atoms with Crippen LogP contribution in [-0.4, -0.2) is 23.7 Å². The summed E-state index contributed by atoms with van der Waals surface area (Å²) in [5, 5.41) is 14.6. The van der Waals surface area contributed by atoms with E-state index in [-0.39, 0.29) is 12.1 Å². The van der Waals surface area contributed by atoms with Gasteiger partial charge in [0.25, 0.3) is 0 Å². The van der Waals surface area contributed by atoms with Crippen molar-refractivity contribution in [3.05, 3.63) is 48.1 Å². The molecular formula is C12H10Cl3F2N3O. The van der Waals surface area contributed by atoms with Gasteiger partial charge in [0.2, 0.25) is 0 Å². The van der Waals surface area contributed by atoms with Crippen LogP contribution in [0.5, 0.6) is 0 Å². The highest BCUT2D eigenvalue weighted by molar-refractivity contribution is 6.67. The molecule has 0 fully saturated rings. The van der Waals surface area contributed by atoms with Gasteiger partial charge in [-0.3, -0.25) is 0 Å². The smallest absolute Gasteiger partial charge is 0.193 e. The van der Waals surface area contributed by atoms with E-state index in [9.17, 15) is 13.9 Å². The molecule has 9 heteroatoms. The quantitative estimate of drug-likeness (QED) is 0.856. The first-order valence-corrected chi connectivity index (χ1v) is 6.90. The van der Waals surface area contributed by atoms with Crippen LogP contribution in [0.15, 0.2) is 30.9 Å². The van der Waals surface area contributed by atoms with E-state index in [4.69, 9.17) is 34.8 Å². The maximum atomic E-state index is 14.0. The normalized spacial score (nSPS) is 15.0. The summed E-state index contributed by atoms with van der Waals surface area (Å²) >= 11 is 17.2. The lowest BCUT2D eigenvalue weighted by molar-refractivity contribution is 0.00405. The molecule has 0 saturated heterocycles. The molecule has 2 rings (SSSR count). The van der Waals surface area contributed by atoms with Gasteiger partial charge >= 0.3 is 0 Å². The zero-order valence-electron chi connectivity index (χ0n) is 10.5. The third-order valence-electron chi connectivity index (χ3n) is 2.82. The molecule has 0 spiro atoms. The highest BCUT2D eigenvalue weighted by Crippen LogP contribution is 2.41. The lowest BCUT2D eigenvalue weighted by Gasteiger charge is -2.31. The molecule has 1 unspecified atom stereocenters. The molecule has 0 aliphatic carbocycles. The summed E-state index contributed by atoms with van der Waals surface area (Å²) in [6.45, 7) is -0.205. The molecule has 0 amide bonds. The van der Waals surface area contributed by atoms with Crippen LogP contribution in [0.4, 0.5) is 8.78 Å². The number of aromatic nitrogens is 3. The van der Waals surface area contributed by atoms with E-state index in [2.05, 4.69) is 10.1 Å². The maximum Gasteiger partial charge on any atom is 0.193 e. The van der Waals surface area contributed by atoms with E-state index in [1.807, 2.05) is 0 Å². The van der Waals surface area contributed by atoms with Gasteiger partial charge in [-0.2, -0.15) is 5.10 Å². The summed E-state index contributed by atoms with van der Waals surface area (Å²) in [5.41, 5.74) is -2.08. The van der Waals surface area contributed by atoms with Gasteiger partial charge in [0.1, 0.15) is 29.9 Å². The summed E-state index contributed by atoms with van der Waals surface area (Å²) in [4.78, 5) is 3.72. The topological polar surface area (TPSA) is 50.9 Å². The Morgan fingerprint density at radius 2 is 1.95 bits per heavy atom. The Morgan fingerprint density at radius 3 is 2.48 bits per heavy atom. The van der Waals surface area contributed by atoms with E-state index >= 15 is 0 Å². The van der Waals surface area contributed by atoms with E-state index in [0.29, 0.717) is 6.07 Å². The van der Waals surface area contributed by atoms with Crippen molar-refractivity contribution in [2.75, 3.05) is 0 Å². The minimum Gasteiger partial charge on any atom is -0.383 e. The number of rotatable bonds is 4. The van der Waals surface area contributed by atoms with Crippen molar-refractivity contribution in [1.29, 1.82) is 0 Å². The van der Waals surface area contributed by atoms with Crippen LogP contribution in [0.2, 0.25) is 0 Å². The van der Waals surface area contributed by atoms with Crippen molar-refractivity contribution >= 4 is 34.8 Å². The lowest BCUT2D eigenvalue weighted by atomic mass is 9.90. The molecule has 0 radical (unpaired) electrons. The standard InChI is InChI=1S/C12H10Cl3F2N3O/c13-12(14,15)4-11(21,5-20-7-18-6-19-20)9-2-1-8(16)3-10(9)17/h1-3,6-7,21H,4-5H2. The van der Waals surface area contributed by atoms with Crippen molar-refractivity contribution < 1.29 is 13.9 Å². The van der Waals surface area contributed by atoms with Gasteiger partial charge < -0.3 is 5.11 Å². The van der Waals surface area contributed by atoms with Gasteiger partial charge in [0, 0.05) is 18.1 Å². The number of hydrogen-bond donors (Lipinski definition) is 1. The van der Waals surface area contributed by atoms with Crippen LogP contribution in [-0.2, 0) is 12.1 Å². The zero-order valence-corrected chi connectivity index (χ0v) is 12.7. The van der Waals surface area contributed by atoms with Crippen molar-refractivity contribution in [3.63, 3.8) is 0 Å². The van der Waals surface area contributed by atoms with Crippen LogP contribution in [0.25, 0.3) is 0 Å². The number of benzene rings is 1. The predicted octanol–water partition coefficient (Wildman–Crippen LogP) is 3.20. The molecular weight excluding hydrogens is 347 g/mol. The first-order valence-electron chi connectivity index (χ1n) is 5.77. The highest BCUT2D eigenvalue weighted by Gasteiger charge is 2.40. The minimum atomic E-state index is -1.89. The molecule has 4 nitrogen and oxygen atoms in total. The number of alkyl halides is 3. The number of aliphatic hydroxyl groups is 1. The Bertz CT molecular complexity index is 619. The summed E-state index contributed by atoms with van der Waals surface area (Å²) < 4.78 is 26.4. The van der Waals surface area contributed by atoms with Gasteiger partial charge in [-0.15, -0.1) is 0 Å². The predicted molar refractivity (Wildman–Crippen MR) is 75.2 cm³/mol. The first-order chi connectivity index (χ1) is 9.70. The summed E-state index contributed by atoms with van der Waals surface area (Å²) in [6.07, 6.45) is 2.16. The Labute approximate surface area is 134 Å². The lowest BCUT2D eigenvalue weighted by Crippen LogP contribution is -2.36. The Kier molecular flexibility index (Phi) is 4.72. The third kappa shape index (κ3) is 4.26. The average molecular weight is 357 g/mol. The van der Waals surface area contributed by atoms with Crippen LogP contribution in [0.3, 0.4) is 0 Å². The molecule has 1 aromatic heterocycles. The second kappa shape index (κ2) is 6.04. The van der Waals surface area contributed by atoms with E-state index in [0.717, 1.165) is 12.1 Å². The number of hydrogen-bond acceptors (Lipinski definition) is 3. The monoisotopic (exact) mass is 355 g/mol. The SMILES string of the molecule is OC(Cn1cncn1)(CC(Cl)(Cl)Cl)c1ccc(F)cc1F.